The van der Waals surface area contributed by atoms with Gasteiger partial charge < -0.3 is 15.0 Å². The standard InChI is InChI=1S/C30H23F5N2O4/c1-37-23-11-3-2-7-19(23)26(30(33,34)35)24(28(37)39)18-13-12-16-15(6-4-8-17(16)18)14-22(29(40)41)36-27(38)25-20(31)9-5-10-21(25)32/h2-11,18,22H,12-14H2,1H3,(H,36,38)(H,40,41)/t18-,22-/m0/s1. The van der Waals surface area contributed by atoms with E-state index in [-0.39, 0.29) is 35.7 Å². The number of hydrogen-bond acceptors (Lipinski definition) is 3. The van der Waals surface area contributed by atoms with E-state index in [9.17, 15) is 41.4 Å². The molecule has 1 aromatic heterocycles. The van der Waals surface area contributed by atoms with Crippen molar-refractivity contribution in [1.82, 2.24) is 9.88 Å². The van der Waals surface area contributed by atoms with Gasteiger partial charge in [-0.2, -0.15) is 13.2 Å². The van der Waals surface area contributed by atoms with Gasteiger partial charge in [0.25, 0.3) is 11.5 Å². The van der Waals surface area contributed by atoms with E-state index in [0.717, 1.165) is 18.2 Å². The van der Waals surface area contributed by atoms with Gasteiger partial charge in [-0.3, -0.25) is 9.59 Å². The van der Waals surface area contributed by atoms with Gasteiger partial charge in [-0.25, -0.2) is 13.6 Å². The highest BCUT2D eigenvalue weighted by atomic mass is 19.4. The van der Waals surface area contributed by atoms with Crippen LogP contribution in [0.25, 0.3) is 10.9 Å². The Balaban J connectivity index is 1.55. The van der Waals surface area contributed by atoms with Crippen LogP contribution in [0.2, 0.25) is 0 Å². The number of para-hydroxylation sites is 1. The molecule has 1 heterocycles. The van der Waals surface area contributed by atoms with Gasteiger partial charge in [-0.15, -0.1) is 0 Å². The summed E-state index contributed by atoms with van der Waals surface area (Å²) in [6, 6.07) is 11.7. The zero-order valence-electron chi connectivity index (χ0n) is 21.6. The molecule has 3 aromatic carbocycles. The van der Waals surface area contributed by atoms with Crippen molar-refractivity contribution in [3.8, 4) is 0 Å². The van der Waals surface area contributed by atoms with Crippen LogP contribution in [0.1, 0.15) is 50.5 Å². The summed E-state index contributed by atoms with van der Waals surface area (Å²) in [6.45, 7) is 0. The molecule has 0 radical (unpaired) electrons. The van der Waals surface area contributed by atoms with Crippen LogP contribution in [-0.2, 0) is 30.9 Å². The predicted octanol–water partition coefficient (Wildman–Crippen LogP) is 5.34. The lowest BCUT2D eigenvalue weighted by Crippen LogP contribution is -2.43. The number of halogens is 5. The summed E-state index contributed by atoms with van der Waals surface area (Å²) in [6.07, 6.45) is -4.68. The largest absolute Gasteiger partial charge is 0.480 e. The minimum absolute atomic E-state index is 0.101. The maximum Gasteiger partial charge on any atom is 0.417 e. The monoisotopic (exact) mass is 570 g/mol. The molecule has 2 N–H and O–H groups in total. The second kappa shape index (κ2) is 10.5. The number of carboxylic acids is 1. The van der Waals surface area contributed by atoms with Crippen molar-refractivity contribution in [3.63, 3.8) is 0 Å². The molecule has 2 atom stereocenters. The summed E-state index contributed by atoms with van der Waals surface area (Å²) in [4.78, 5) is 38.0. The second-order valence-electron chi connectivity index (χ2n) is 9.91. The maximum absolute atomic E-state index is 14.5. The lowest BCUT2D eigenvalue weighted by Gasteiger charge is -2.22. The van der Waals surface area contributed by atoms with E-state index in [4.69, 9.17) is 0 Å². The first kappa shape index (κ1) is 28.0. The lowest BCUT2D eigenvalue weighted by molar-refractivity contribution is -0.139. The van der Waals surface area contributed by atoms with Crippen molar-refractivity contribution in [1.29, 1.82) is 0 Å². The Morgan fingerprint density at radius 2 is 1.68 bits per heavy atom. The summed E-state index contributed by atoms with van der Waals surface area (Å²) in [5, 5.41) is 11.8. The summed E-state index contributed by atoms with van der Waals surface area (Å²) in [5.41, 5.74) is -1.49. The van der Waals surface area contributed by atoms with Gasteiger partial charge in [0.15, 0.2) is 0 Å². The Kier molecular flexibility index (Phi) is 7.14. The molecule has 0 saturated heterocycles. The van der Waals surface area contributed by atoms with E-state index in [1.165, 1.54) is 29.8 Å². The molecule has 5 rings (SSSR count). The third kappa shape index (κ3) is 4.96. The number of carbonyl (C=O) groups is 2. The fraction of sp³-hybridized carbons (Fsp3) is 0.233. The number of alkyl halides is 3. The number of rotatable bonds is 6. The fourth-order valence-electron chi connectivity index (χ4n) is 5.73. The van der Waals surface area contributed by atoms with E-state index in [0.29, 0.717) is 16.7 Å². The Morgan fingerprint density at radius 1 is 1.02 bits per heavy atom. The number of aryl methyl sites for hydroxylation is 1. The van der Waals surface area contributed by atoms with Gasteiger partial charge in [0.1, 0.15) is 23.2 Å². The number of hydrogen-bond donors (Lipinski definition) is 2. The molecular weight excluding hydrogens is 547 g/mol. The summed E-state index contributed by atoms with van der Waals surface area (Å²) in [7, 11) is 1.42. The van der Waals surface area contributed by atoms with E-state index < -0.39 is 58.3 Å². The van der Waals surface area contributed by atoms with Crippen molar-refractivity contribution in [2.75, 3.05) is 0 Å². The minimum atomic E-state index is -4.82. The Labute approximate surface area is 230 Å². The topological polar surface area (TPSA) is 88.4 Å². The summed E-state index contributed by atoms with van der Waals surface area (Å²) in [5.74, 6) is -5.95. The van der Waals surface area contributed by atoms with E-state index >= 15 is 0 Å². The number of aliphatic carboxylic acids is 1. The smallest absolute Gasteiger partial charge is 0.417 e. The van der Waals surface area contributed by atoms with Crippen LogP contribution in [0, 0.1) is 11.6 Å². The van der Waals surface area contributed by atoms with Crippen molar-refractivity contribution < 1.29 is 36.6 Å². The molecule has 212 valence electrons. The third-order valence-corrected chi connectivity index (χ3v) is 7.56. The fourth-order valence-corrected chi connectivity index (χ4v) is 5.73. The van der Waals surface area contributed by atoms with Crippen molar-refractivity contribution in [2.45, 2.75) is 37.4 Å². The quantitative estimate of drug-likeness (QED) is 0.307. The highest BCUT2D eigenvalue weighted by Crippen LogP contribution is 2.45. The van der Waals surface area contributed by atoms with Crippen LogP contribution in [0.15, 0.2) is 65.5 Å². The molecule has 4 aromatic rings. The SMILES string of the molecule is Cn1c(=O)c([C@H]2CCc3c(C[C@H](NC(=O)c4c(F)cccc4F)C(=O)O)cccc32)c(C(F)(F)F)c2ccccc21. The van der Waals surface area contributed by atoms with Crippen LogP contribution in [0.3, 0.4) is 0 Å². The molecule has 0 fully saturated rings. The van der Waals surface area contributed by atoms with Crippen LogP contribution < -0.4 is 10.9 Å². The van der Waals surface area contributed by atoms with E-state index in [2.05, 4.69) is 5.32 Å². The number of benzene rings is 3. The van der Waals surface area contributed by atoms with Gasteiger partial charge in [0.2, 0.25) is 0 Å². The Morgan fingerprint density at radius 3 is 2.34 bits per heavy atom. The van der Waals surface area contributed by atoms with Gasteiger partial charge >= 0.3 is 12.1 Å². The van der Waals surface area contributed by atoms with E-state index in [1.807, 2.05) is 0 Å². The van der Waals surface area contributed by atoms with Crippen LogP contribution >= 0.6 is 0 Å². The number of fused-ring (bicyclic) bond motifs is 2. The molecule has 1 aliphatic rings. The predicted molar refractivity (Wildman–Crippen MR) is 140 cm³/mol. The van der Waals surface area contributed by atoms with Crippen LogP contribution in [0.5, 0.6) is 0 Å². The van der Waals surface area contributed by atoms with Crippen molar-refractivity contribution in [3.05, 3.63) is 116 Å². The average molecular weight is 571 g/mol. The van der Waals surface area contributed by atoms with Crippen LogP contribution in [0.4, 0.5) is 22.0 Å². The molecule has 1 amide bonds. The summed E-state index contributed by atoms with van der Waals surface area (Å²) < 4.78 is 72.8. The molecule has 1 aliphatic carbocycles. The minimum Gasteiger partial charge on any atom is -0.480 e. The number of amides is 1. The van der Waals surface area contributed by atoms with Crippen molar-refractivity contribution >= 4 is 22.8 Å². The number of aromatic nitrogens is 1. The lowest BCUT2D eigenvalue weighted by atomic mass is 9.87. The molecular formula is C30H23F5N2O4. The molecule has 0 spiro atoms. The highest BCUT2D eigenvalue weighted by Gasteiger charge is 2.42. The maximum atomic E-state index is 14.5. The number of carboxylic acid groups (broad SMARTS) is 1. The van der Waals surface area contributed by atoms with Gasteiger partial charge in [0.05, 0.1) is 11.1 Å². The Bertz CT molecular complexity index is 1740. The molecule has 0 saturated carbocycles. The molecule has 0 unspecified atom stereocenters. The normalized spacial score (nSPS) is 15.5. The molecule has 0 bridgehead atoms. The summed E-state index contributed by atoms with van der Waals surface area (Å²) >= 11 is 0. The third-order valence-electron chi connectivity index (χ3n) is 7.56. The van der Waals surface area contributed by atoms with Gasteiger partial charge in [-0.1, -0.05) is 42.5 Å². The van der Waals surface area contributed by atoms with Gasteiger partial charge in [-0.05, 0) is 47.7 Å². The van der Waals surface area contributed by atoms with Gasteiger partial charge in [0, 0.05) is 30.3 Å². The first-order chi connectivity index (χ1) is 19.4. The van der Waals surface area contributed by atoms with Crippen LogP contribution in [-0.4, -0.2) is 27.6 Å². The zero-order chi connectivity index (χ0) is 29.6. The van der Waals surface area contributed by atoms with E-state index in [1.54, 1.807) is 24.3 Å². The number of nitrogens with zero attached hydrogens (tertiary/aromatic N) is 1. The number of carbonyl (C=O) groups excluding carboxylic acids is 1. The first-order valence-corrected chi connectivity index (χ1v) is 12.7. The molecule has 11 heteroatoms. The highest BCUT2D eigenvalue weighted by molar-refractivity contribution is 5.97. The molecule has 6 nitrogen and oxygen atoms in total. The second-order valence-corrected chi connectivity index (χ2v) is 9.91. The number of nitrogens with one attached hydrogen (secondary N) is 1. The first-order valence-electron chi connectivity index (χ1n) is 12.7. The average Bonchev–Trinajstić information content (AvgIpc) is 3.34. The Hall–Kier alpha value is -4.54. The van der Waals surface area contributed by atoms with Crippen molar-refractivity contribution in [2.24, 2.45) is 7.05 Å². The zero-order valence-corrected chi connectivity index (χ0v) is 21.6. The number of pyridine rings is 1. The molecule has 41 heavy (non-hydrogen) atoms. The molecule has 0 aliphatic heterocycles.